The predicted octanol–water partition coefficient (Wildman–Crippen LogP) is 3.72. The molecule has 0 aromatic heterocycles. The minimum Gasteiger partial charge on any atom is -0.466 e. The highest BCUT2D eigenvalue weighted by molar-refractivity contribution is 6.26. The highest BCUT2D eigenvalue weighted by Gasteiger charge is 2.77. The van der Waals surface area contributed by atoms with Crippen LogP contribution in [0.2, 0.25) is 0 Å². The summed E-state index contributed by atoms with van der Waals surface area (Å²) in [6.45, 7) is 0. The van der Waals surface area contributed by atoms with Gasteiger partial charge in [0.2, 0.25) is 0 Å². The Bertz CT molecular complexity index is 1780. The van der Waals surface area contributed by atoms with Crippen molar-refractivity contribution in [1.29, 1.82) is 0 Å². The van der Waals surface area contributed by atoms with Crippen molar-refractivity contribution in [2.24, 2.45) is 22.7 Å². The molecule has 2 aromatic carbocycles. The minimum absolute atomic E-state index is 0.0590. The molecule has 0 heterocycles. The van der Waals surface area contributed by atoms with Gasteiger partial charge >= 0.3 is 23.9 Å². The number of esters is 4. The maximum absolute atomic E-state index is 13.8. The third-order valence-corrected chi connectivity index (χ3v) is 9.20. The molecule has 4 unspecified atom stereocenters. The molecular formula is C32H24O8. The third kappa shape index (κ3) is 2.40. The van der Waals surface area contributed by atoms with Crippen molar-refractivity contribution in [3.63, 3.8) is 0 Å². The molecule has 1 spiro atoms. The van der Waals surface area contributed by atoms with Crippen LogP contribution in [0.3, 0.4) is 0 Å². The zero-order valence-electron chi connectivity index (χ0n) is 22.2. The van der Waals surface area contributed by atoms with Gasteiger partial charge in [-0.2, -0.15) is 0 Å². The second-order valence-corrected chi connectivity index (χ2v) is 10.4. The summed E-state index contributed by atoms with van der Waals surface area (Å²) in [5, 5.41) is 2.00. The Hall–Kier alpha value is -4.72. The lowest BCUT2D eigenvalue weighted by molar-refractivity contribution is -0.141. The monoisotopic (exact) mass is 536 g/mol. The molecule has 4 bridgehead atoms. The van der Waals surface area contributed by atoms with Gasteiger partial charge in [0.1, 0.15) is 0 Å². The van der Waals surface area contributed by atoms with Crippen molar-refractivity contribution in [3.8, 4) is 0 Å². The fraction of sp³-hybridized carbons (Fsp3) is 0.250. The van der Waals surface area contributed by atoms with E-state index in [4.69, 9.17) is 18.9 Å². The second-order valence-electron chi connectivity index (χ2n) is 10.4. The number of carbonyl (C=O) groups is 4. The zero-order valence-corrected chi connectivity index (χ0v) is 22.2. The van der Waals surface area contributed by atoms with E-state index in [-0.39, 0.29) is 22.3 Å². The normalized spacial score (nSPS) is 28.1. The van der Waals surface area contributed by atoms with Crippen molar-refractivity contribution < 1.29 is 38.1 Å². The largest absolute Gasteiger partial charge is 0.466 e. The van der Waals surface area contributed by atoms with Crippen LogP contribution in [0, 0.1) is 22.7 Å². The maximum Gasteiger partial charge on any atom is 0.335 e. The van der Waals surface area contributed by atoms with Crippen molar-refractivity contribution in [2.75, 3.05) is 28.4 Å². The van der Waals surface area contributed by atoms with E-state index in [2.05, 4.69) is 0 Å². The lowest BCUT2D eigenvalue weighted by Gasteiger charge is -2.45. The Kier molecular flexibility index (Phi) is 4.81. The van der Waals surface area contributed by atoms with Gasteiger partial charge in [-0.3, -0.25) is 0 Å². The number of carbonyl (C=O) groups excluding carboxylic acids is 4. The number of ether oxygens (including phenoxy) is 4. The number of hydrogen-bond acceptors (Lipinski definition) is 8. The number of methoxy groups -OCH3 is 4. The Morgan fingerprint density at radius 1 is 0.675 bits per heavy atom. The lowest BCUT2D eigenvalue weighted by atomic mass is 9.55. The summed E-state index contributed by atoms with van der Waals surface area (Å²) < 4.78 is 21.0. The van der Waals surface area contributed by atoms with Crippen LogP contribution in [-0.4, -0.2) is 52.3 Å². The van der Waals surface area contributed by atoms with Gasteiger partial charge in [-0.15, -0.1) is 0 Å². The first-order valence-corrected chi connectivity index (χ1v) is 12.8. The van der Waals surface area contributed by atoms with Crippen LogP contribution in [-0.2, 0) is 38.1 Å². The van der Waals surface area contributed by atoms with Crippen LogP contribution in [0.5, 0.6) is 0 Å². The average Bonchev–Trinajstić information content (AvgIpc) is 3.45. The molecule has 0 saturated heterocycles. The van der Waals surface area contributed by atoms with Crippen LogP contribution in [0.4, 0.5) is 0 Å². The van der Waals surface area contributed by atoms with Crippen molar-refractivity contribution >= 4 is 45.8 Å². The molecule has 6 aliphatic rings. The van der Waals surface area contributed by atoms with Crippen molar-refractivity contribution in [3.05, 3.63) is 94.1 Å². The van der Waals surface area contributed by atoms with E-state index in [0.29, 0.717) is 0 Å². The Labute approximate surface area is 229 Å². The van der Waals surface area contributed by atoms with Gasteiger partial charge in [-0.25, -0.2) is 19.2 Å². The van der Waals surface area contributed by atoms with Crippen molar-refractivity contribution in [2.45, 2.75) is 0 Å². The van der Waals surface area contributed by atoms with Crippen molar-refractivity contribution in [1.82, 2.24) is 0 Å². The molecule has 0 N–H and O–H groups in total. The van der Waals surface area contributed by atoms with Crippen LogP contribution in [0.15, 0.2) is 83.0 Å². The molecule has 8 nitrogen and oxygen atoms in total. The smallest absolute Gasteiger partial charge is 0.335 e. The molecular weight excluding hydrogens is 512 g/mol. The molecule has 200 valence electrons. The molecule has 40 heavy (non-hydrogen) atoms. The first-order valence-electron chi connectivity index (χ1n) is 12.8. The first kappa shape index (κ1) is 24.3. The molecule has 4 atom stereocenters. The predicted molar refractivity (Wildman–Crippen MR) is 143 cm³/mol. The zero-order chi connectivity index (χ0) is 28.1. The van der Waals surface area contributed by atoms with E-state index >= 15 is 0 Å². The molecule has 0 aliphatic heterocycles. The summed E-state index contributed by atoms with van der Waals surface area (Å²) in [7, 11) is 5.00. The van der Waals surface area contributed by atoms with E-state index in [9.17, 15) is 19.2 Å². The summed E-state index contributed by atoms with van der Waals surface area (Å²) in [6.07, 6.45) is 7.34. The fourth-order valence-corrected chi connectivity index (χ4v) is 8.04. The summed E-state index contributed by atoms with van der Waals surface area (Å²) in [5.41, 5.74) is 0.957. The first-order chi connectivity index (χ1) is 19.3. The lowest BCUT2D eigenvalue weighted by Crippen LogP contribution is -2.45. The molecule has 6 aliphatic carbocycles. The molecule has 0 radical (unpaired) electrons. The van der Waals surface area contributed by atoms with Gasteiger partial charge in [0.15, 0.2) is 0 Å². The summed E-state index contributed by atoms with van der Waals surface area (Å²) in [6, 6.07) is 11.9. The average molecular weight is 537 g/mol. The molecule has 0 saturated carbocycles. The number of hydrogen-bond donors (Lipinski definition) is 0. The van der Waals surface area contributed by atoms with Gasteiger partial charge in [-0.1, -0.05) is 60.7 Å². The van der Waals surface area contributed by atoms with Crippen LogP contribution in [0.1, 0.15) is 11.1 Å². The van der Waals surface area contributed by atoms with Gasteiger partial charge < -0.3 is 18.9 Å². The van der Waals surface area contributed by atoms with Crippen LogP contribution < -0.4 is 0 Å². The highest BCUT2D eigenvalue weighted by atomic mass is 16.5. The van der Waals surface area contributed by atoms with Gasteiger partial charge in [-0.05, 0) is 33.0 Å². The Morgan fingerprint density at radius 3 is 1.90 bits per heavy atom. The number of benzene rings is 2. The Balaban J connectivity index is 1.70. The molecule has 2 aromatic rings. The van der Waals surface area contributed by atoms with E-state index in [0.717, 1.165) is 33.0 Å². The number of allylic oxidation sites excluding steroid dienone is 6. The van der Waals surface area contributed by atoms with Crippen LogP contribution >= 0.6 is 0 Å². The fourth-order valence-electron chi connectivity index (χ4n) is 8.04. The van der Waals surface area contributed by atoms with E-state index in [1.807, 2.05) is 54.6 Å². The van der Waals surface area contributed by atoms with Gasteiger partial charge in [0.25, 0.3) is 0 Å². The Morgan fingerprint density at radius 2 is 1.25 bits per heavy atom. The van der Waals surface area contributed by atoms with E-state index in [1.165, 1.54) is 28.4 Å². The van der Waals surface area contributed by atoms with Gasteiger partial charge in [0.05, 0.1) is 56.1 Å². The second kappa shape index (κ2) is 7.91. The molecule has 0 amide bonds. The summed E-state index contributed by atoms with van der Waals surface area (Å²) >= 11 is 0. The summed E-state index contributed by atoms with van der Waals surface area (Å²) in [5.74, 6) is -4.34. The van der Waals surface area contributed by atoms with Gasteiger partial charge in [0, 0.05) is 17.3 Å². The SMILES string of the molecule is COC(=O)C1=C(C(=O)OC)C23C=CC1C=CC21C(C(=O)OC)=C(C(=O)OC)C3C2=C1c1cccc3cccc2c13. The minimum atomic E-state index is -1.40. The highest BCUT2D eigenvalue weighted by Crippen LogP contribution is 2.81. The molecule has 0 fully saturated rings. The standard InChI is InChI=1S/C32H24O8/c1-37-27(33)20-16-11-13-31-23-18-10-6-8-15-7-5-9-17(19(15)18)21(23)24(22(28(34)38-2)26(31)30(36)40-4)32(31,14-12-16)25(20)29(35)39-3/h5-14,16,24H,1-4H3. The topological polar surface area (TPSA) is 105 Å². The van der Waals surface area contributed by atoms with E-state index in [1.54, 1.807) is 6.08 Å². The molecule has 8 rings (SSSR count). The quantitative estimate of drug-likeness (QED) is 0.331. The summed E-state index contributed by atoms with van der Waals surface area (Å²) in [4.78, 5) is 54.6. The molecule has 8 heteroatoms. The maximum atomic E-state index is 13.8. The number of fused-ring (bicyclic) bond motifs is 3. The third-order valence-electron chi connectivity index (χ3n) is 9.20. The van der Waals surface area contributed by atoms with Crippen LogP contribution in [0.25, 0.3) is 21.9 Å². The van der Waals surface area contributed by atoms with E-state index < -0.39 is 46.5 Å². The number of rotatable bonds is 4.